The van der Waals surface area contributed by atoms with Gasteiger partial charge in [-0.3, -0.25) is 14.4 Å². The van der Waals surface area contributed by atoms with Crippen molar-refractivity contribution in [1.82, 2.24) is 30.4 Å². The molecule has 1 aliphatic heterocycles. The van der Waals surface area contributed by atoms with Crippen LogP contribution >= 0.6 is 11.6 Å². The molecule has 2 heterocycles. The third-order valence-corrected chi connectivity index (χ3v) is 7.43. The van der Waals surface area contributed by atoms with Gasteiger partial charge in [-0.05, 0) is 89.9 Å². The van der Waals surface area contributed by atoms with Gasteiger partial charge >= 0.3 is 5.97 Å². The van der Waals surface area contributed by atoms with Crippen LogP contribution in [0.2, 0.25) is 5.02 Å². The first-order valence-electron chi connectivity index (χ1n) is 13.8. The van der Waals surface area contributed by atoms with Gasteiger partial charge in [0.2, 0.25) is 11.8 Å². The lowest BCUT2D eigenvalue weighted by molar-refractivity contribution is -0.124. The van der Waals surface area contributed by atoms with Crippen molar-refractivity contribution in [3.63, 3.8) is 0 Å². The second-order valence-corrected chi connectivity index (χ2v) is 10.7. The molecule has 1 unspecified atom stereocenters. The van der Waals surface area contributed by atoms with E-state index in [1.165, 1.54) is 41.4 Å². The Morgan fingerprint density at radius 3 is 2.50 bits per heavy atom. The Bertz CT molecular complexity index is 1680. The molecule has 1 fully saturated rings. The summed E-state index contributed by atoms with van der Waals surface area (Å²) in [6.45, 7) is 0.972. The fourth-order valence-electron chi connectivity index (χ4n) is 4.99. The molecule has 1 aromatic heterocycles. The number of likely N-dealkylation sites (tertiary alicyclic amines) is 1. The number of carbonyl (C=O) groups excluding carboxylic acids is 3. The zero-order valence-electron chi connectivity index (χ0n) is 23.3. The Hall–Kier alpha value is -5.36. The van der Waals surface area contributed by atoms with Crippen LogP contribution in [-0.4, -0.2) is 73.0 Å². The second-order valence-electron chi connectivity index (χ2n) is 10.2. The van der Waals surface area contributed by atoms with E-state index in [0.717, 1.165) is 0 Å². The third-order valence-electron chi connectivity index (χ3n) is 7.19. The summed E-state index contributed by atoms with van der Waals surface area (Å²) in [5.41, 5.74) is 2.22. The summed E-state index contributed by atoms with van der Waals surface area (Å²) in [5, 5.41) is 26.3. The van der Waals surface area contributed by atoms with Crippen LogP contribution in [0.3, 0.4) is 0 Å². The van der Waals surface area contributed by atoms with E-state index >= 15 is 0 Å². The number of rotatable bonds is 10. The average Bonchev–Trinajstić information content (AvgIpc) is 3.73. The molecule has 0 radical (unpaired) electrons. The maximum absolute atomic E-state index is 13.4. The van der Waals surface area contributed by atoms with Gasteiger partial charge in [0.25, 0.3) is 5.91 Å². The predicted octanol–water partition coefficient (Wildman–Crippen LogP) is 3.70. The number of aromatic nitrogens is 4. The number of benzene rings is 3. The van der Waals surface area contributed by atoms with Gasteiger partial charge in [-0.1, -0.05) is 29.8 Å². The number of nitrogens with zero attached hydrogens (tertiary/aromatic N) is 5. The van der Waals surface area contributed by atoms with Crippen LogP contribution in [0.15, 0.2) is 85.2 Å². The topological polar surface area (TPSA) is 159 Å². The molecule has 5 rings (SSSR count). The molecule has 0 spiro atoms. The first kappa shape index (κ1) is 30.1. The van der Waals surface area contributed by atoms with Crippen molar-refractivity contribution in [2.24, 2.45) is 5.92 Å². The Morgan fingerprint density at radius 1 is 1.02 bits per heavy atom. The summed E-state index contributed by atoms with van der Waals surface area (Å²) in [7, 11) is 0. The number of carboxylic acids is 1. The number of halogens is 1. The highest BCUT2D eigenvalue weighted by Gasteiger charge is 2.31. The zero-order valence-corrected chi connectivity index (χ0v) is 24.1. The lowest BCUT2D eigenvalue weighted by atomic mass is 9.98. The molecule has 13 heteroatoms. The molecule has 224 valence electrons. The number of amides is 3. The van der Waals surface area contributed by atoms with Crippen LogP contribution in [0.4, 0.5) is 5.69 Å². The van der Waals surface area contributed by atoms with Gasteiger partial charge in [0.1, 0.15) is 12.4 Å². The molecule has 2 atom stereocenters. The Balaban J connectivity index is 1.31. The van der Waals surface area contributed by atoms with E-state index in [2.05, 4.69) is 26.2 Å². The molecule has 3 N–H and O–H groups in total. The molecule has 0 bridgehead atoms. The van der Waals surface area contributed by atoms with Crippen LogP contribution < -0.4 is 10.6 Å². The third kappa shape index (κ3) is 7.53. The van der Waals surface area contributed by atoms with Crippen molar-refractivity contribution < 1.29 is 24.3 Å². The van der Waals surface area contributed by atoms with Crippen molar-refractivity contribution in [3.8, 4) is 5.69 Å². The van der Waals surface area contributed by atoms with Crippen LogP contribution in [0.5, 0.6) is 0 Å². The molecular formula is C31H28ClN7O5. The zero-order chi connectivity index (χ0) is 31.1. The van der Waals surface area contributed by atoms with E-state index < -0.39 is 23.8 Å². The average molecular weight is 614 g/mol. The SMILES string of the molecule is O=C(C=Cc1cc(Cl)ccc1-n1cnnn1)N[C@@H](CC1CCN(C(=O)c2ccccc2)C1)C(=O)Nc1ccc(C(=O)O)cc1. The molecule has 0 saturated carbocycles. The minimum atomic E-state index is -1.08. The number of hydrogen-bond acceptors (Lipinski definition) is 7. The number of aromatic carboxylic acids is 1. The smallest absolute Gasteiger partial charge is 0.335 e. The lowest BCUT2D eigenvalue weighted by Crippen LogP contribution is -2.44. The molecule has 44 heavy (non-hydrogen) atoms. The minimum absolute atomic E-state index is 0.0450. The van der Waals surface area contributed by atoms with Gasteiger partial charge < -0.3 is 20.6 Å². The van der Waals surface area contributed by atoms with Gasteiger partial charge in [-0.25, -0.2) is 4.79 Å². The minimum Gasteiger partial charge on any atom is -0.478 e. The molecule has 1 saturated heterocycles. The number of carbonyl (C=O) groups is 4. The lowest BCUT2D eigenvalue weighted by Gasteiger charge is -2.22. The van der Waals surface area contributed by atoms with E-state index in [0.29, 0.717) is 47.0 Å². The maximum Gasteiger partial charge on any atom is 0.335 e. The maximum atomic E-state index is 13.4. The first-order valence-corrected chi connectivity index (χ1v) is 14.1. The second kappa shape index (κ2) is 13.7. The number of nitrogens with one attached hydrogen (secondary N) is 2. The van der Waals surface area contributed by atoms with E-state index in [1.807, 2.05) is 18.2 Å². The summed E-state index contributed by atoms with van der Waals surface area (Å²) in [6.07, 6.45) is 5.20. The van der Waals surface area contributed by atoms with Crippen molar-refractivity contribution in [1.29, 1.82) is 0 Å². The molecule has 12 nitrogen and oxygen atoms in total. The Labute approximate surface area is 257 Å². The van der Waals surface area contributed by atoms with E-state index in [1.54, 1.807) is 41.3 Å². The van der Waals surface area contributed by atoms with E-state index in [4.69, 9.17) is 16.7 Å². The highest BCUT2D eigenvalue weighted by atomic mass is 35.5. The van der Waals surface area contributed by atoms with Crippen LogP contribution in [-0.2, 0) is 9.59 Å². The predicted molar refractivity (Wildman–Crippen MR) is 162 cm³/mol. The van der Waals surface area contributed by atoms with Gasteiger partial charge in [0, 0.05) is 41.0 Å². The van der Waals surface area contributed by atoms with Crippen molar-refractivity contribution in [3.05, 3.63) is 107 Å². The van der Waals surface area contributed by atoms with Crippen LogP contribution in [0, 0.1) is 5.92 Å². The number of tetrazole rings is 1. The highest BCUT2D eigenvalue weighted by Crippen LogP contribution is 2.24. The summed E-state index contributed by atoms with van der Waals surface area (Å²) in [6, 6.07) is 18.8. The number of anilines is 1. The molecule has 3 aromatic carbocycles. The molecular weight excluding hydrogens is 586 g/mol. The van der Waals surface area contributed by atoms with Gasteiger partial charge in [0.05, 0.1) is 11.3 Å². The van der Waals surface area contributed by atoms with E-state index in [-0.39, 0.29) is 23.8 Å². The normalized spacial score (nSPS) is 15.2. The monoisotopic (exact) mass is 613 g/mol. The van der Waals surface area contributed by atoms with Crippen LogP contribution in [0.1, 0.15) is 39.1 Å². The number of hydrogen-bond donors (Lipinski definition) is 3. The largest absolute Gasteiger partial charge is 0.478 e. The van der Waals surface area contributed by atoms with Crippen LogP contribution in [0.25, 0.3) is 11.8 Å². The van der Waals surface area contributed by atoms with Crippen molar-refractivity contribution in [2.75, 3.05) is 18.4 Å². The summed E-state index contributed by atoms with van der Waals surface area (Å²) < 4.78 is 1.43. The summed E-state index contributed by atoms with van der Waals surface area (Å²) in [4.78, 5) is 52.5. The fraction of sp³-hybridized carbons (Fsp3) is 0.194. The van der Waals surface area contributed by atoms with E-state index in [9.17, 15) is 19.2 Å². The molecule has 3 amide bonds. The van der Waals surface area contributed by atoms with Crippen molar-refractivity contribution in [2.45, 2.75) is 18.9 Å². The van der Waals surface area contributed by atoms with Gasteiger partial charge in [0.15, 0.2) is 0 Å². The molecule has 0 aliphatic carbocycles. The highest BCUT2D eigenvalue weighted by molar-refractivity contribution is 6.30. The Morgan fingerprint density at radius 2 is 1.80 bits per heavy atom. The first-order chi connectivity index (χ1) is 21.3. The quantitative estimate of drug-likeness (QED) is 0.228. The summed E-state index contributed by atoms with van der Waals surface area (Å²) >= 11 is 6.18. The molecule has 1 aliphatic rings. The van der Waals surface area contributed by atoms with Crippen molar-refractivity contribution >= 4 is 47.1 Å². The fourth-order valence-corrected chi connectivity index (χ4v) is 5.17. The molecule has 4 aromatic rings. The summed E-state index contributed by atoms with van der Waals surface area (Å²) in [5.74, 6) is -2.21. The van der Waals surface area contributed by atoms with Gasteiger partial charge in [-0.15, -0.1) is 5.10 Å². The number of carboxylic acid groups (broad SMARTS) is 1. The Kier molecular flexibility index (Phi) is 9.40. The van der Waals surface area contributed by atoms with Gasteiger partial charge in [-0.2, -0.15) is 4.68 Å². The standard InChI is InChI=1S/C31H28ClN7O5/c32-24-9-12-27(39-19-33-36-37-39)23(17-24)8-13-28(40)35-26(29(41)34-25-10-6-22(7-11-25)31(43)44)16-20-14-15-38(18-20)30(42)21-4-2-1-3-5-21/h1-13,17,19-20,26H,14-16,18H2,(H,34,41)(H,35,40)(H,43,44)/t20?,26-/m0/s1.